The van der Waals surface area contributed by atoms with Crippen molar-refractivity contribution in [2.45, 2.75) is 38.5 Å². The van der Waals surface area contributed by atoms with E-state index in [1.165, 1.54) is 24.8 Å². The number of nitriles is 1. The van der Waals surface area contributed by atoms with E-state index in [1.807, 2.05) is 11.4 Å². The highest BCUT2D eigenvalue weighted by molar-refractivity contribution is 7.13. The Morgan fingerprint density at radius 2 is 2.00 bits per heavy atom. The van der Waals surface area contributed by atoms with E-state index in [0.717, 1.165) is 35.4 Å². The number of aryl methyl sites for hydroxylation is 1. The number of nitrogen functional groups attached to an aromatic ring is 1. The normalized spacial score (nSPS) is 14.9. The maximum Gasteiger partial charge on any atom is 0.142 e. The second-order valence-electron chi connectivity index (χ2n) is 5.18. The minimum Gasteiger partial charge on any atom is -0.383 e. The van der Waals surface area contributed by atoms with E-state index in [4.69, 9.17) is 5.73 Å². The molecule has 2 aromatic rings. The molecule has 102 valence electrons. The number of thiophene rings is 1. The van der Waals surface area contributed by atoms with Gasteiger partial charge in [-0.1, -0.05) is 18.9 Å². The minimum atomic E-state index is 0.384. The Hall–Kier alpha value is -1.86. The van der Waals surface area contributed by atoms with E-state index in [9.17, 15) is 5.26 Å². The van der Waals surface area contributed by atoms with E-state index >= 15 is 0 Å². The van der Waals surface area contributed by atoms with Crippen molar-refractivity contribution in [3.63, 3.8) is 0 Å². The second kappa shape index (κ2) is 5.64. The van der Waals surface area contributed by atoms with Crippen LogP contribution in [0.2, 0.25) is 0 Å². The van der Waals surface area contributed by atoms with Gasteiger partial charge in [0.2, 0.25) is 0 Å². The molecule has 0 aliphatic heterocycles. The fraction of sp³-hybridized carbons (Fsp3) is 0.375. The molecule has 0 saturated heterocycles. The highest BCUT2D eigenvalue weighted by Gasteiger charge is 2.20. The maximum absolute atomic E-state index is 9.46. The van der Waals surface area contributed by atoms with Gasteiger partial charge in [-0.15, -0.1) is 11.3 Å². The van der Waals surface area contributed by atoms with Gasteiger partial charge in [0.05, 0.1) is 0 Å². The third kappa shape index (κ3) is 2.30. The van der Waals surface area contributed by atoms with E-state index in [2.05, 4.69) is 17.1 Å². The number of nitrogens with zero attached hydrogens (tertiary/aromatic N) is 2. The molecule has 1 aliphatic carbocycles. The summed E-state index contributed by atoms with van der Waals surface area (Å²) in [4.78, 5) is 5.65. The summed E-state index contributed by atoms with van der Waals surface area (Å²) in [5, 5.41) is 11.5. The van der Waals surface area contributed by atoms with Crippen LogP contribution < -0.4 is 5.73 Å². The van der Waals surface area contributed by atoms with Gasteiger partial charge < -0.3 is 5.73 Å². The van der Waals surface area contributed by atoms with Crippen molar-refractivity contribution in [2.75, 3.05) is 5.73 Å². The summed E-state index contributed by atoms with van der Waals surface area (Å²) in [6.07, 6.45) is 6.83. The molecule has 0 spiro atoms. The minimum absolute atomic E-state index is 0.384. The maximum atomic E-state index is 9.46. The molecular formula is C16H17N3S. The molecule has 0 bridgehead atoms. The third-order valence-corrected chi connectivity index (χ3v) is 4.77. The molecule has 0 fully saturated rings. The molecule has 2 heterocycles. The molecule has 3 rings (SSSR count). The number of anilines is 1. The largest absolute Gasteiger partial charge is 0.383 e. The van der Waals surface area contributed by atoms with Gasteiger partial charge in [0.1, 0.15) is 17.5 Å². The lowest BCUT2D eigenvalue weighted by Gasteiger charge is -2.18. The molecule has 4 heteroatoms. The standard InChI is InChI=1S/C16H17N3S/c17-10-12-15(14-8-5-9-20-14)11-6-3-1-2-4-7-13(11)19-16(12)18/h5,8-9H,1-4,6-7H2,(H2,18,19). The lowest BCUT2D eigenvalue weighted by molar-refractivity contribution is 0.610. The quantitative estimate of drug-likeness (QED) is 0.862. The van der Waals surface area contributed by atoms with Crippen LogP contribution in [0.3, 0.4) is 0 Å². The average Bonchev–Trinajstić information content (AvgIpc) is 2.93. The van der Waals surface area contributed by atoms with Gasteiger partial charge in [-0.25, -0.2) is 4.98 Å². The highest BCUT2D eigenvalue weighted by Crippen LogP contribution is 2.37. The molecule has 0 aromatic carbocycles. The Balaban J connectivity index is 2.25. The van der Waals surface area contributed by atoms with Crippen LogP contribution in [0.4, 0.5) is 5.82 Å². The lowest BCUT2D eigenvalue weighted by Crippen LogP contribution is -2.09. The number of pyridine rings is 1. The molecular weight excluding hydrogens is 266 g/mol. The average molecular weight is 283 g/mol. The van der Waals surface area contributed by atoms with Crippen LogP contribution in [0.5, 0.6) is 0 Å². The first-order chi connectivity index (χ1) is 9.81. The van der Waals surface area contributed by atoms with Crippen molar-refractivity contribution in [1.82, 2.24) is 4.98 Å². The van der Waals surface area contributed by atoms with E-state index < -0.39 is 0 Å². The summed E-state index contributed by atoms with van der Waals surface area (Å²) in [5.74, 6) is 0.384. The van der Waals surface area contributed by atoms with Gasteiger partial charge in [0.15, 0.2) is 0 Å². The Morgan fingerprint density at radius 3 is 2.70 bits per heavy atom. The van der Waals surface area contributed by atoms with Crippen LogP contribution in [0.15, 0.2) is 17.5 Å². The van der Waals surface area contributed by atoms with Crippen molar-refractivity contribution < 1.29 is 0 Å². The first-order valence-corrected chi connectivity index (χ1v) is 7.94. The van der Waals surface area contributed by atoms with Gasteiger partial charge in [-0.05, 0) is 42.7 Å². The molecule has 0 atom stereocenters. The fourth-order valence-electron chi connectivity index (χ4n) is 2.92. The number of hydrogen-bond donors (Lipinski definition) is 1. The zero-order valence-electron chi connectivity index (χ0n) is 11.4. The first-order valence-electron chi connectivity index (χ1n) is 7.06. The summed E-state index contributed by atoms with van der Waals surface area (Å²) in [6.45, 7) is 0. The summed E-state index contributed by atoms with van der Waals surface area (Å²) in [5.41, 5.74) is 9.95. The Labute approximate surface area is 123 Å². The molecule has 2 aromatic heterocycles. The predicted molar refractivity (Wildman–Crippen MR) is 82.6 cm³/mol. The number of nitrogens with two attached hydrogens (primary N) is 1. The fourth-order valence-corrected chi connectivity index (χ4v) is 3.73. The van der Waals surface area contributed by atoms with Gasteiger partial charge in [0.25, 0.3) is 0 Å². The number of rotatable bonds is 1. The number of fused-ring (bicyclic) bond motifs is 1. The molecule has 0 amide bonds. The van der Waals surface area contributed by atoms with E-state index in [1.54, 1.807) is 11.3 Å². The zero-order valence-corrected chi connectivity index (χ0v) is 12.2. The van der Waals surface area contributed by atoms with E-state index in [0.29, 0.717) is 11.4 Å². The number of aromatic nitrogens is 1. The van der Waals surface area contributed by atoms with Crippen LogP contribution in [0, 0.1) is 11.3 Å². The molecule has 0 unspecified atom stereocenters. The topological polar surface area (TPSA) is 62.7 Å². The van der Waals surface area contributed by atoms with Gasteiger partial charge in [0, 0.05) is 16.1 Å². The molecule has 0 radical (unpaired) electrons. The van der Waals surface area contributed by atoms with Crippen molar-refractivity contribution >= 4 is 17.2 Å². The zero-order chi connectivity index (χ0) is 13.9. The number of hydrogen-bond acceptors (Lipinski definition) is 4. The molecule has 2 N–H and O–H groups in total. The SMILES string of the molecule is N#Cc1c(N)nc2c(c1-c1cccs1)CCCCCC2. The van der Waals surface area contributed by atoms with Gasteiger partial charge in [-0.2, -0.15) is 5.26 Å². The van der Waals surface area contributed by atoms with Crippen molar-refractivity contribution in [1.29, 1.82) is 5.26 Å². The van der Waals surface area contributed by atoms with Crippen LogP contribution in [0.25, 0.3) is 10.4 Å². The summed E-state index contributed by atoms with van der Waals surface area (Å²) < 4.78 is 0. The Kier molecular flexibility index (Phi) is 3.70. The molecule has 3 nitrogen and oxygen atoms in total. The van der Waals surface area contributed by atoms with Crippen molar-refractivity contribution in [3.05, 3.63) is 34.3 Å². The predicted octanol–water partition coefficient (Wildman–Crippen LogP) is 3.92. The molecule has 0 saturated carbocycles. The Morgan fingerprint density at radius 1 is 1.20 bits per heavy atom. The van der Waals surface area contributed by atoms with Crippen molar-refractivity contribution in [3.8, 4) is 16.5 Å². The van der Waals surface area contributed by atoms with Crippen LogP contribution >= 0.6 is 11.3 Å². The summed E-state index contributed by atoms with van der Waals surface area (Å²) >= 11 is 1.66. The second-order valence-corrected chi connectivity index (χ2v) is 6.12. The Bertz CT molecular complexity index is 653. The van der Waals surface area contributed by atoms with E-state index in [-0.39, 0.29) is 0 Å². The third-order valence-electron chi connectivity index (χ3n) is 3.88. The summed E-state index contributed by atoms with van der Waals surface area (Å²) in [7, 11) is 0. The molecule has 20 heavy (non-hydrogen) atoms. The van der Waals surface area contributed by atoms with Gasteiger partial charge in [-0.3, -0.25) is 0 Å². The molecule has 1 aliphatic rings. The van der Waals surface area contributed by atoms with Crippen LogP contribution in [-0.2, 0) is 12.8 Å². The van der Waals surface area contributed by atoms with Crippen molar-refractivity contribution in [2.24, 2.45) is 0 Å². The van der Waals surface area contributed by atoms with Gasteiger partial charge >= 0.3 is 0 Å². The highest BCUT2D eigenvalue weighted by atomic mass is 32.1. The summed E-state index contributed by atoms with van der Waals surface area (Å²) in [6, 6.07) is 6.35. The first kappa shape index (κ1) is 13.1. The van der Waals surface area contributed by atoms with Crippen LogP contribution in [-0.4, -0.2) is 4.98 Å². The lowest BCUT2D eigenvalue weighted by atomic mass is 9.90. The smallest absolute Gasteiger partial charge is 0.142 e. The monoisotopic (exact) mass is 283 g/mol. The van der Waals surface area contributed by atoms with Crippen LogP contribution in [0.1, 0.15) is 42.5 Å².